The SMILES string of the molecule is O=P(O)(O)P(=O)(O)P(=O)(O)O.O=[PH+]O. The highest BCUT2D eigenvalue weighted by Crippen LogP contribution is 2.92. The molecule has 0 aliphatic heterocycles. The predicted octanol–water partition coefficient (Wildman–Crippen LogP) is -0.640. The molecule has 0 radical (unpaired) electrons. The predicted molar refractivity (Wildman–Crippen MR) is 45.1 cm³/mol. The normalized spacial score (nSPS) is 13.3. The van der Waals surface area contributed by atoms with E-state index in [0.717, 1.165) is 0 Å². The van der Waals surface area contributed by atoms with Crippen LogP contribution < -0.4 is 0 Å². The minimum atomic E-state index is -5.73. The molecule has 0 saturated heterocycles. The van der Waals surface area contributed by atoms with E-state index in [2.05, 4.69) is 0 Å². The van der Waals surface area contributed by atoms with Crippen LogP contribution in [0.25, 0.3) is 0 Å². The van der Waals surface area contributed by atoms with Gasteiger partial charge in [0, 0.05) is 0 Å². The summed E-state index contributed by atoms with van der Waals surface area (Å²) in [7, 11) is -12.5. The van der Waals surface area contributed by atoms with Crippen LogP contribution in [0.1, 0.15) is 0 Å². The van der Waals surface area contributed by atoms with Gasteiger partial charge >= 0.3 is 30.0 Å². The molecule has 0 aromatic rings. The Morgan fingerprint density at radius 3 is 0.929 bits per heavy atom. The first-order valence-electron chi connectivity index (χ1n) is 2.38. The molecule has 0 heterocycles. The van der Waals surface area contributed by atoms with Crippen LogP contribution in [0, 0.1) is 0 Å². The maximum atomic E-state index is 10.3. The average molecular weight is 291 g/mol. The Kier molecular flexibility index (Phi) is 6.76. The Balaban J connectivity index is 0. The zero-order valence-corrected chi connectivity index (χ0v) is 9.84. The summed E-state index contributed by atoms with van der Waals surface area (Å²) < 4.78 is 38.8. The Morgan fingerprint density at radius 1 is 0.786 bits per heavy atom. The van der Waals surface area contributed by atoms with Gasteiger partial charge in [0.15, 0.2) is 0 Å². The van der Waals surface area contributed by atoms with Crippen LogP contribution in [0.3, 0.4) is 0 Å². The van der Waals surface area contributed by atoms with Gasteiger partial charge in [-0.15, -0.1) is 0 Å². The van der Waals surface area contributed by atoms with Gasteiger partial charge in [-0.3, -0.25) is 4.57 Å². The average Bonchev–Trinajstić information content (AvgIpc) is 1.83. The van der Waals surface area contributed by atoms with Crippen LogP contribution in [0.15, 0.2) is 0 Å². The maximum Gasteiger partial charge on any atom is 0.491 e. The first-order valence-corrected chi connectivity index (χ1v) is 9.53. The number of hydrogen-bond acceptors (Lipinski definition) is 4. The van der Waals surface area contributed by atoms with Crippen molar-refractivity contribution in [1.29, 1.82) is 0 Å². The smallest absolute Gasteiger partial charge is 0.328 e. The van der Waals surface area contributed by atoms with Crippen molar-refractivity contribution in [3.05, 3.63) is 0 Å². The second-order valence-electron chi connectivity index (χ2n) is 1.63. The molecule has 0 aromatic heterocycles. The van der Waals surface area contributed by atoms with Crippen molar-refractivity contribution in [2.24, 2.45) is 0 Å². The van der Waals surface area contributed by atoms with E-state index in [1.807, 2.05) is 0 Å². The van der Waals surface area contributed by atoms with Gasteiger partial charge in [-0.2, -0.15) is 4.89 Å². The molecular weight excluding hydrogens is 284 g/mol. The molecule has 14 heteroatoms. The summed E-state index contributed by atoms with van der Waals surface area (Å²) >= 11 is 0. The molecule has 0 amide bonds. The van der Waals surface area contributed by atoms with Crippen molar-refractivity contribution in [2.75, 3.05) is 0 Å². The largest absolute Gasteiger partial charge is 0.491 e. The topological polar surface area (TPSA) is 190 Å². The van der Waals surface area contributed by atoms with Crippen molar-refractivity contribution >= 4 is 30.0 Å². The zero-order chi connectivity index (χ0) is 12.2. The van der Waals surface area contributed by atoms with Crippen LogP contribution in [0.4, 0.5) is 0 Å². The molecule has 0 fully saturated rings. The van der Waals surface area contributed by atoms with E-state index in [0.29, 0.717) is 0 Å². The van der Waals surface area contributed by atoms with Crippen LogP contribution >= 0.6 is 30.0 Å². The standard InChI is InChI=1S/H5O8P3.HO2P/c1-9(2,3)11(7,8)10(4,5)6;1-3-2/h(H,7,8)(H2,1,2,3)(H2,4,5,6);3H/p+1. The van der Waals surface area contributed by atoms with Gasteiger partial charge < -0.3 is 24.5 Å². The second-order valence-corrected chi connectivity index (χ2v) is 12.2. The first kappa shape index (κ1) is 17.0. The third-order valence-electron chi connectivity index (χ3n) is 0.679. The van der Waals surface area contributed by atoms with Gasteiger partial charge in [0.2, 0.25) is 0 Å². The van der Waals surface area contributed by atoms with E-state index < -0.39 is 30.0 Å². The van der Waals surface area contributed by atoms with E-state index in [-0.39, 0.29) is 0 Å². The zero-order valence-electron chi connectivity index (χ0n) is 6.16. The first-order chi connectivity index (χ1) is 5.91. The van der Waals surface area contributed by atoms with Gasteiger partial charge in [0.1, 0.15) is 0 Å². The molecule has 0 aliphatic rings. The monoisotopic (exact) mass is 291 g/mol. The molecule has 0 bridgehead atoms. The van der Waals surface area contributed by atoms with Gasteiger partial charge in [-0.1, -0.05) is 0 Å². The highest BCUT2D eigenvalue weighted by atomic mass is 32.5. The van der Waals surface area contributed by atoms with E-state index in [1.54, 1.807) is 0 Å². The fourth-order valence-electron chi connectivity index (χ4n) is 0.152. The molecule has 6 N–H and O–H groups in total. The summed E-state index contributed by atoms with van der Waals surface area (Å²) in [5.41, 5.74) is 0. The summed E-state index contributed by atoms with van der Waals surface area (Å²) in [5.74, 6) is 0. The maximum absolute atomic E-state index is 10.3. The minimum absolute atomic E-state index is 1.17. The minimum Gasteiger partial charge on any atom is -0.328 e. The van der Waals surface area contributed by atoms with Gasteiger partial charge in [0.05, 0.1) is 0 Å². The Labute approximate surface area is 78.4 Å². The van der Waals surface area contributed by atoms with E-state index in [9.17, 15) is 13.7 Å². The summed E-state index contributed by atoms with van der Waals surface area (Å²) in [6.07, 6.45) is 0. The molecule has 0 spiro atoms. The second kappa shape index (κ2) is 5.58. The Hall–Kier alpha value is 0.550. The van der Waals surface area contributed by atoms with Crippen molar-refractivity contribution < 1.29 is 47.6 Å². The summed E-state index contributed by atoms with van der Waals surface area (Å²) in [5, 5.41) is 0. The molecule has 1 unspecified atom stereocenters. The Morgan fingerprint density at radius 2 is 0.929 bits per heavy atom. The molecule has 0 rings (SSSR count). The van der Waals surface area contributed by atoms with Crippen molar-refractivity contribution in [3.8, 4) is 0 Å². The number of rotatable bonds is 2. The van der Waals surface area contributed by atoms with Crippen LogP contribution in [-0.2, 0) is 18.3 Å². The number of hydrogen-bond donors (Lipinski definition) is 6. The van der Waals surface area contributed by atoms with E-state index >= 15 is 0 Å². The quantitative estimate of drug-likeness (QED) is 0.356. The van der Waals surface area contributed by atoms with Crippen molar-refractivity contribution in [1.82, 2.24) is 0 Å². The molecule has 0 aliphatic carbocycles. The lowest BCUT2D eigenvalue weighted by molar-refractivity contribution is 0.363. The third kappa shape index (κ3) is 4.87. The molecule has 0 saturated carbocycles. The molecule has 0 aromatic carbocycles. The lowest BCUT2D eigenvalue weighted by atomic mass is 15.8. The molecule has 1 atom stereocenters. The van der Waals surface area contributed by atoms with Crippen molar-refractivity contribution in [3.63, 3.8) is 0 Å². The highest BCUT2D eigenvalue weighted by molar-refractivity contribution is 8.59. The fourth-order valence-corrected chi connectivity index (χ4v) is 4.10. The van der Waals surface area contributed by atoms with Crippen LogP contribution in [-0.4, -0.2) is 29.4 Å². The third-order valence-corrected chi connectivity index (χ3v) is 10.3. The molecule has 10 nitrogen and oxygen atoms in total. The van der Waals surface area contributed by atoms with Gasteiger partial charge in [-0.05, 0) is 4.57 Å². The van der Waals surface area contributed by atoms with E-state index in [1.165, 1.54) is 0 Å². The summed E-state index contributed by atoms with van der Waals surface area (Å²) in [6, 6.07) is 0. The van der Waals surface area contributed by atoms with Crippen molar-refractivity contribution in [2.45, 2.75) is 0 Å². The summed E-state index contributed by atoms with van der Waals surface area (Å²) in [6.45, 7) is -5.73. The molecular formula is H7O10P4+. The fraction of sp³-hybridized carbons (Fsp3) is 0. The van der Waals surface area contributed by atoms with Crippen LogP contribution in [0.5, 0.6) is 0 Å². The van der Waals surface area contributed by atoms with Gasteiger partial charge in [0.25, 0.3) is 0 Å². The molecule has 86 valence electrons. The summed E-state index contributed by atoms with van der Waals surface area (Å²) in [4.78, 5) is 47.2. The van der Waals surface area contributed by atoms with E-state index in [4.69, 9.17) is 33.9 Å². The lowest BCUT2D eigenvalue weighted by Crippen LogP contribution is -1.84. The Bertz CT molecular complexity index is 287. The van der Waals surface area contributed by atoms with Gasteiger partial charge in [-0.25, -0.2) is 9.13 Å². The molecule has 14 heavy (non-hydrogen) atoms. The lowest BCUT2D eigenvalue weighted by Gasteiger charge is -2.12. The van der Waals surface area contributed by atoms with Crippen LogP contribution in [0.2, 0.25) is 0 Å². The highest BCUT2D eigenvalue weighted by Gasteiger charge is 2.55.